The van der Waals surface area contributed by atoms with Crippen LogP contribution in [-0.2, 0) is 16.1 Å². The maximum absolute atomic E-state index is 12.0. The van der Waals surface area contributed by atoms with Crippen molar-refractivity contribution in [2.24, 2.45) is 0 Å². The van der Waals surface area contributed by atoms with Crippen molar-refractivity contribution in [2.75, 3.05) is 24.8 Å². The summed E-state index contributed by atoms with van der Waals surface area (Å²) in [6, 6.07) is 8.60. The monoisotopic (exact) mass is 347 g/mol. The van der Waals surface area contributed by atoms with E-state index < -0.39 is 0 Å². The smallest absolute Gasteiger partial charge is 0.343 e. The van der Waals surface area contributed by atoms with Gasteiger partial charge < -0.3 is 10.1 Å². The van der Waals surface area contributed by atoms with Gasteiger partial charge in [0.15, 0.2) is 5.16 Å². The van der Waals surface area contributed by atoms with E-state index in [4.69, 9.17) is 10.00 Å². The predicted octanol–water partition coefficient (Wildman–Crippen LogP) is 1.21. The van der Waals surface area contributed by atoms with Gasteiger partial charge in [-0.15, -0.1) is 5.10 Å². The van der Waals surface area contributed by atoms with Gasteiger partial charge in [-0.05, 0) is 30.7 Å². The van der Waals surface area contributed by atoms with Gasteiger partial charge in [0.25, 0.3) is 0 Å². The van der Waals surface area contributed by atoms with Crippen molar-refractivity contribution in [3.8, 4) is 6.07 Å². The molecule has 1 heterocycles. The van der Waals surface area contributed by atoms with Crippen LogP contribution < -0.4 is 11.0 Å². The van der Waals surface area contributed by atoms with Crippen molar-refractivity contribution >= 4 is 23.4 Å². The van der Waals surface area contributed by atoms with Crippen molar-refractivity contribution in [3.05, 3.63) is 40.3 Å². The van der Waals surface area contributed by atoms with E-state index in [1.54, 1.807) is 31.4 Å². The summed E-state index contributed by atoms with van der Waals surface area (Å²) < 4.78 is 6.45. The van der Waals surface area contributed by atoms with Crippen molar-refractivity contribution in [3.63, 3.8) is 0 Å². The SMILES string of the molecule is COCCCn1c(SCC(=O)Nc2ccc(C#N)cc2)n[nH]c1=O. The van der Waals surface area contributed by atoms with Crippen LogP contribution in [0.5, 0.6) is 0 Å². The van der Waals surface area contributed by atoms with Gasteiger partial charge in [0, 0.05) is 25.9 Å². The molecule has 2 aromatic rings. The summed E-state index contributed by atoms with van der Waals surface area (Å²) in [7, 11) is 1.60. The highest BCUT2D eigenvalue weighted by Gasteiger charge is 2.11. The number of nitrogens with zero attached hydrogens (tertiary/aromatic N) is 3. The maximum atomic E-state index is 12.0. The van der Waals surface area contributed by atoms with E-state index >= 15 is 0 Å². The first-order valence-corrected chi connectivity index (χ1v) is 8.19. The quantitative estimate of drug-likeness (QED) is 0.548. The lowest BCUT2D eigenvalue weighted by atomic mass is 10.2. The number of carbonyl (C=O) groups excluding carboxylic acids is 1. The lowest BCUT2D eigenvalue weighted by molar-refractivity contribution is -0.113. The molecule has 0 fully saturated rings. The van der Waals surface area contributed by atoms with Gasteiger partial charge in [-0.2, -0.15) is 5.26 Å². The lowest BCUT2D eigenvalue weighted by Gasteiger charge is -2.06. The van der Waals surface area contributed by atoms with E-state index in [9.17, 15) is 9.59 Å². The van der Waals surface area contributed by atoms with Crippen molar-refractivity contribution in [1.82, 2.24) is 14.8 Å². The zero-order valence-electron chi connectivity index (χ0n) is 13.1. The highest BCUT2D eigenvalue weighted by molar-refractivity contribution is 7.99. The number of thioether (sulfide) groups is 1. The standard InChI is InChI=1S/C15H17N5O3S/c1-23-8-2-7-20-14(22)18-19-15(20)24-10-13(21)17-12-5-3-11(9-16)4-6-12/h3-6H,2,7-8,10H2,1H3,(H,17,21)(H,18,22). The number of nitriles is 1. The zero-order valence-corrected chi connectivity index (χ0v) is 13.9. The van der Waals surface area contributed by atoms with Crippen LogP contribution >= 0.6 is 11.8 Å². The highest BCUT2D eigenvalue weighted by atomic mass is 32.2. The number of hydrogen-bond acceptors (Lipinski definition) is 6. The third-order valence-corrected chi connectivity index (χ3v) is 4.06. The third-order valence-electron chi connectivity index (χ3n) is 3.08. The van der Waals surface area contributed by atoms with E-state index in [1.807, 2.05) is 6.07 Å². The molecule has 1 aromatic carbocycles. The molecule has 2 rings (SSSR count). The number of carbonyl (C=O) groups is 1. The first-order valence-electron chi connectivity index (χ1n) is 7.21. The van der Waals surface area contributed by atoms with E-state index in [-0.39, 0.29) is 17.3 Å². The van der Waals surface area contributed by atoms with Crippen LogP contribution in [-0.4, -0.2) is 40.1 Å². The summed E-state index contributed by atoms with van der Waals surface area (Å²) in [4.78, 5) is 23.7. The molecule has 24 heavy (non-hydrogen) atoms. The number of benzene rings is 1. The van der Waals surface area contributed by atoms with Gasteiger partial charge in [0.05, 0.1) is 17.4 Å². The van der Waals surface area contributed by atoms with Gasteiger partial charge in [-0.3, -0.25) is 9.36 Å². The Labute approximate surface area is 142 Å². The van der Waals surface area contributed by atoms with Crippen molar-refractivity contribution < 1.29 is 9.53 Å². The zero-order chi connectivity index (χ0) is 17.4. The molecule has 8 nitrogen and oxygen atoms in total. The molecule has 0 saturated carbocycles. The maximum Gasteiger partial charge on any atom is 0.343 e. The van der Waals surface area contributed by atoms with Gasteiger partial charge in [-0.1, -0.05) is 11.8 Å². The number of ether oxygens (including phenoxy) is 1. The Kier molecular flexibility index (Phi) is 6.60. The van der Waals surface area contributed by atoms with Crippen LogP contribution in [0.3, 0.4) is 0 Å². The second-order valence-electron chi connectivity index (χ2n) is 4.84. The summed E-state index contributed by atoms with van der Waals surface area (Å²) in [6.07, 6.45) is 0.681. The Balaban J connectivity index is 1.89. The average molecular weight is 347 g/mol. The molecule has 0 saturated heterocycles. The molecule has 126 valence electrons. The molecule has 1 amide bonds. The number of anilines is 1. The fourth-order valence-corrected chi connectivity index (χ4v) is 2.71. The van der Waals surface area contributed by atoms with Crippen LogP contribution in [0.2, 0.25) is 0 Å². The Bertz CT molecular complexity index is 776. The summed E-state index contributed by atoms with van der Waals surface area (Å²) in [5, 5.41) is 18.2. The fraction of sp³-hybridized carbons (Fsp3) is 0.333. The molecule has 0 aliphatic heterocycles. The molecule has 0 unspecified atom stereocenters. The molecule has 0 aliphatic carbocycles. The minimum Gasteiger partial charge on any atom is -0.385 e. The Hall–Kier alpha value is -2.57. The molecule has 0 atom stereocenters. The molecular formula is C15H17N5O3S. The van der Waals surface area contributed by atoms with Gasteiger partial charge >= 0.3 is 5.69 Å². The normalized spacial score (nSPS) is 10.3. The van der Waals surface area contributed by atoms with Crippen molar-refractivity contribution in [2.45, 2.75) is 18.1 Å². The van der Waals surface area contributed by atoms with E-state index in [1.165, 1.54) is 16.3 Å². The van der Waals surface area contributed by atoms with Crippen LogP contribution in [0.4, 0.5) is 5.69 Å². The van der Waals surface area contributed by atoms with Crippen molar-refractivity contribution in [1.29, 1.82) is 5.26 Å². The molecule has 0 radical (unpaired) electrons. The highest BCUT2D eigenvalue weighted by Crippen LogP contribution is 2.15. The largest absolute Gasteiger partial charge is 0.385 e. The number of methoxy groups -OCH3 is 1. The van der Waals surface area contributed by atoms with Crippen LogP contribution in [0, 0.1) is 11.3 Å². The average Bonchev–Trinajstić information content (AvgIpc) is 2.94. The third kappa shape index (κ3) is 4.97. The Morgan fingerprint density at radius 3 is 2.88 bits per heavy atom. The molecular weight excluding hydrogens is 330 g/mol. The number of aromatic nitrogens is 3. The van der Waals surface area contributed by atoms with Crippen LogP contribution in [0.1, 0.15) is 12.0 Å². The molecule has 0 aliphatic rings. The molecule has 0 spiro atoms. The fourth-order valence-electron chi connectivity index (χ4n) is 1.93. The summed E-state index contributed by atoms with van der Waals surface area (Å²) in [6.45, 7) is 1.02. The predicted molar refractivity (Wildman–Crippen MR) is 89.9 cm³/mol. The number of amides is 1. The molecule has 0 bridgehead atoms. The number of hydrogen-bond donors (Lipinski definition) is 2. The summed E-state index contributed by atoms with van der Waals surface area (Å²) in [5.41, 5.74) is 0.833. The number of nitrogens with one attached hydrogen (secondary N) is 2. The minimum absolute atomic E-state index is 0.120. The topological polar surface area (TPSA) is 113 Å². The van der Waals surface area contributed by atoms with E-state index in [2.05, 4.69) is 15.5 Å². The number of aromatic amines is 1. The summed E-state index contributed by atoms with van der Waals surface area (Å²) in [5.74, 6) is -0.0993. The van der Waals surface area contributed by atoms with E-state index in [0.717, 1.165) is 0 Å². The number of H-pyrrole nitrogens is 1. The second kappa shape index (κ2) is 8.90. The van der Waals surface area contributed by atoms with Crippen LogP contribution in [0.25, 0.3) is 0 Å². The van der Waals surface area contributed by atoms with Gasteiger partial charge in [0.1, 0.15) is 0 Å². The second-order valence-corrected chi connectivity index (χ2v) is 5.78. The minimum atomic E-state index is -0.305. The molecule has 1 aromatic heterocycles. The summed E-state index contributed by atoms with van der Waals surface area (Å²) >= 11 is 1.18. The first-order chi connectivity index (χ1) is 11.6. The Morgan fingerprint density at radius 1 is 1.46 bits per heavy atom. The van der Waals surface area contributed by atoms with Crippen LogP contribution in [0.15, 0.2) is 34.2 Å². The number of rotatable bonds is 8. The Morgan fingerprint density at radius 2 is 2.21 bits per heavy atom. The van der Waals surface area contributed by atoms with Gasteiger partial charge in [-0.25, -0.2) is 9.89 Å². The van der Waals surface area contributed by atoms with E-state index in [0.29, 0.717) is 36.0 Å². The molecule has 2 N–H and O–H groups in total. The molecule has 9 heteroatoms. The first kappa shape index (κ1) is 17.8. The van der Waals surface area contributed by atoms with Gasteiger partial charge in [0.2, 0.25) is 5.91 Å². The lowest BCUT2D eigenvalue weighted by Crippen LogP contribution is -2.19.